The van der Waals surface area contributed by atoms with Gasteiger partial charge in [0.05, 0.1) is 5.54 Å². The fourth-order valence-corrected chi connectivity index (χ4v) is 2.68. The van der Waals surface area contributed by atoms with Crippen LogP contribution >= 0.6 is 0 Å². The number of nitrogens with zero attached hydrogens (tertiary/aromatic N) is 1. The lowest BCUT2D eigenvalue weighted by Gasteiger charge is -2.37. The number of nitrogens with one attached hydrogen (secondary N) is 1. The Morgan fingerprint density at radius 2 is 1.79 bits per heavy atom. The highest BCUT2D eigenvalue weighted by Gasteiger charge is 2.34. The van der Waals surface area contributed by atoms with Crippen LogP contribution in [0.25, 0.3) is 0 Å². The fourth-order valence-electron chi connectivity index (χ4n) is 2.68. The highest BCUT2D eigenvalue weighted by molar-refractivity contribution is 5.84. The molecule has 0 aliphatic carbocycles. The van der Waals surface area contributed by atoms with E-state index in [2.05, 4.69) is 37.9 Å². The van der Waals surface area contributed by atoms with Crippen molar-refractivity contribution < 1.29 is 4.79 Å². The van der Waals surface area contributed by atoms with Gasteiger partial charge in [-0.3, -0.25) is 4.79 Å². The van der Waals surface area contributed by atoms with E-state index in [1.165, 1.54) is 0 Å². The maximum absolute atomic E-state index is 11.8. The second-order valence-electron chi connectivity index (χ2n) is 6.53. The monoisotopic (exact) mass is 271 g/mol. The highest BCUT2D eigenvalue weighted by atomic mass is 16.1. The maximum atomic E-state index is 11.8. The second kappa shape index (κ2) is 7.85. The van der Waals surface area contributed by atoms with E-state index >= 15 is 0 Å². The number of hydrogen-bond donors (Lipinski definition) is 2. The molecule has 0 aliphatic heterocycles. The topological polar surface area (TPSA) is 58.4 Å². The molecule has 0 saturated heterocycles. The van der Waals surface area contributed by atoms with Crippen molar-refractivity contribution in [2.75, 3.05) is 13.1 Å². The number of amides is 1. The molecule has 0 aromatic rings. The first kappa shape index (κ1) is 18.4. The lowest BCUT2D eigenvalue weighted by Crippen LogP contribution is -2.58. The van der Waals surface area contributed by atoms with Crippen LogP contribution in [0, 0.1) is 5.92 Å². The van der Waals surface area contributed by atoms with Crippen LogP contribution < -0.4 is 11.1 Å². The average molecular weight is 271 g/mol. The number of primary amides is 1. The molecular formula is C15H33N3O. The Balaban J connectivity index is 4.78. The molecule has 0 spiro atoms. The molecule has 3 N–H and O–H groups in total. The van der Waals surface area contributed by atoms with Crippen LogP contribution in [0.5, 0.6) is 0 Å². The quantitative estimate of drug-likeness (QED) is 0.674. The Morgan fingerprint density at radius 1 is 1.26 bits per heavy atom. The summed E-state index contributed by atoms with van der Waals surface area (Å²) in [6, 6.07) is 0.570. The van der Waals surface area contributed by atoms with Crippen molar-refractivity contribution >= 4 is 5.91 Å². The van der Waals surface area contributed by atoms with E-state index in [0.29, 0.717) is 12.0 Å². The van der Waals surface area contributed by atoms with Crippen LogP contribution in [0.3, 0.4) is 0 Å². The van der Waals surface area contributed by atoms with Crippen molar-refractivity contribution in [2.24, 2.45) is 11.7 Å². The molecule has 0 aromatic carbocycles. The molecule has 0 saturated carbocycles. The molecule has 2 unspecified atom stereocenters. The minimum atomic E-state index is -0.641. The number of rotatable bonds is 9. The minimum absolute atomic E-state index is 0.241. The molecule has 2 atom stereocenters. The van der Waals surface area contributed by atoms with Crippen LogP contribution in [-0.2, 0) is 4.79 Å². The first-order chi connectivity index (χ1) is 8.62. The molecule has 4 nitrogen and oxygen atoms in total. The Kier molecular flexibility index (Phi) is 7.60. The van der Waals surface area contributed by atoms with E-state index in [0.717, 1.165) is 19.5 Å². The molecule has 0 aromatic heterocycles. The molecule has 0 rings (SSSR count). The first-order valence-corrected chi connectivity index (χ1v) is 7.44. The van der Waals surface area contributed by atoms with E-state index in [1.807, 2.05) is 20.8 Å². The van der Waals surface area contributed by atoms with E-state index in [9.17, 15) is 4.79 Å². The van der Waals surface area contributed by atoms with Crippen LogP contribution in [0.4, 0.5) is 0 Å². The number of hydrogen-bond acceptors (Lipinski definition) is 3. The smallest absolute Gasteiger partial charge is 0.237 e. The Morgan fingerprint density at radius 3 is 2.11 bits per heavy atom. The molecule has 0 aliphatic rings. The summed E-state index contributed by atoms with van der Waals surface area (Å²) in [5.41, 5.74) is 4.95. The lowest BCUT2D eigenvalue weighted by atomic mass is 9.91. The van der Waals surface area contributed by atoms with Gasteiger partial charge < -0.3 is 16.0 Å². The Bertz CT molecular complexity index is 279. The van der Waals surface area contributed by atoms with Gasteiger partial charge >= 0.3 is 0 Å². The zero-order valence-electron chi connectivity index (χ0n) is 13.8. The van der Waals surface area contributed by atoms with Gasteiger partial charge in [-0.2, -0.15) is 0 Å². The van der Waals surface area contributed by atoms with Gasteiger partial charge in [-0.25, -0.2) is 0 Å². The summed E-state index contributed by atoms with van der Waals surface area (Å²) in [4.78, 5) is 14.2. The molecule has 0 bridgehead atoms. The molecule has 19 heavy (non-hydrogen) atoms. The zero-order valence-corrected chi connectivity index (χ0v) is 13.8. The molecule has 0 fully saturated rings. The summed E-state index contributed by atoms with van der Waals surface area (Å²) >= 11 is 0. The van der Waals surface area contributed by atoms with Gasteiger partial charge in [0.2, 0.25) is 5.91 Å². The predicted octanol–water partition coefficient (Wildman–Crippen LogP) is 1.98. The normalized spacial score (nSPS) is 16.9. The average Bonchev–Trinajstić information content (AvgIpc) is 2.23. The van der Waals surface area contributed by atoms with Crippen molar-refractivity contribution in [1.29, 1.82) is 0 Å². The zero-order chi connectivity index (χ0) is 15.2. The number of nitrogens with two attached hydrogens (primary N) is 1. The van der Waals surface area contributed by atoms with E-state index in [-0.39, 0.29) is 11.9 Å². The second-order valence-corrected chi connectivity index (χ2v) is 6.53. The van der Waals surface area contributed by atoms with Gasteiger partial charge in [-0.1, -0.05) is 20.8 Å². The third-order valence-electron chi connectivity index (χ3n) is 3.48. The summed E-state index contributed by atoms with van der Waals surface area (Å²) < 4.78 is 0. The Hall–Kier alpha value is -0.610. The van der Waals surface area contributed by atoms with Crippen molar-refractivity contribution in [3.63, 3.8) is 0 Å². The number of carbonyl (C=O) groups excluding carboxylic acids is 1. The summed E-state index contributed by atoms with van der Waals surface area (Å²) in [5.74, 6) is 0.356. The van der Waals surface area contributed by atoms with Gasteiger partial charge in [-0.15, -0.1) is 0 Å². The van der Waals surface area contributed by atoms with E-state index in [4.69, 9.17) is 5.73 Å². The summed E-state index contributed by atoms with van der Waals surface area (Å²) in [6.07, 6.45) is 0.737. The fraction of sp³-hybridized carbons (Fsp3) is 0.933. The molecule has 4 heteroatoms. The van der Waals surface area contributed by atoms with Crippen LogP contribution in [-0.4, -0.2) is 41.5 Å². The third-order valence-corrected chi connectivity index (χ3v) is 3.48. The summed E-state index contributed by atoms with van der Waals surface area (Å²) in [5, 5.41) is 3.32. The standard InChI is InChI=1S/C15H33N3O/c1-8-18(10-11(2)3)13(6)9-15(7,14(16)19)17-12(4)5/h11-13,17H,8-10H2,1-7H3,(H2,16,19). The number of carbonyl (C=O) groups is 1. The lowest BCUT2D eigenvalue weighted by molar-refractivity contribution is -0.125. The van der Waals surface area contributed by atoms with Crippen LogP contribution in [0.15, 0.2) is 0 Å². The van der Waals surface area contributed by atoms with Crippen LogP contribution in [0.1, 0.15) is 54.9 Å². The highest BCUT2D eigenvalue weighted by Crippen LogP contribution is 2.18. The van der Waals surface area contributed by atoms with Crippen molar-refractivity contribution in [2.45, 2.75) is 72.5 Å². The Labute approximate surface area is 119 Å². The molecule has 114 valence electrons. The third kappa shape index (κ3) is 6.39. The largest absolute Gasteiger partial charge is 0.368 e. The van der Waals surface area contributed by atoms with Gasteiger partial charge in [0.1, 0.15) is 0 Å². The van der Waals surface area contributed by atoms with E-state index in [1.54, 1.807) is 0 Å². The van der Waals surface area contributed by atoms with Crippen molar-refractivity contribution in [1.82, 2.24) is 10.2 Å². The van der Waals surface area contributed by atoms with Crippen LogP contribution in [0.2, 0.25) is 0 Å². The molecular weight excluding hydrogens is 238 g/mol. The van der Waals surface area contributed by atoms with Gasteiger partial charge in [0.15, 0.2) is 0 Å². The van der Waals surface area contributed by atoms with Crippen molar-refractivity contribution in [3.8, 4) is 0 Å². The first-order valence-electron chi connectivity index (χ1n) is 7.44. The van der Waals surface area contributed by atoms with Crippen molar-refractivity contribution in [3.05, 3.63) is 0 Å². The maximum Gasteiger partial charge on any atom is 0.237 e. The van der Waals surface area contributed by atoms with Gasteiger partial charge in [0.25, 0.3) is 0 Å². The predicted molar refractivity (Wildman–Crippen MR) is 82.0 cm³/mol. The van der Waals surface area contributed by atoms with Gasteiger partial charge in [0, 0.05) is 18.6 Å². The summed E-state index contributed by atoms with van der Waals surface area (Å²) in [6.45, 7) is 16.8. The minimum Gasteiger partial charge on any atom is -0.368 e. The van der Waals surface area contributed by atoms with E-state index < -0.39 is 5.54 Å². The molecule has 0 heterocycles. The summed E-state index contributed by atoms with van der Waals surface area (Å²) in [7, 11) is 0. The van der Waals surface area contributed by atoms with Gasteiger partial charge in [-0.05, 0) is 46.6 Å². The molecule has 1 amide bonds. The SMILES string of the molecule is CCN(CC(C)C)C(C)CC(C)(NC(C)C)C(N)=O. The molecule has 0 radical (unpaired) electrons.